The Balaban J connectivity index is 2.17. The van der Waals surface area contributed by atoms with Crippen LogP contribution >= 0.6 is 11.6 Å². The number of carbonyl (C=O) groups is 1. The number of aliphatic hydroxyl groups excluding tert-OH is 1. The standard InChI is InChI=1S/C12H14ClNO4/c13-8-1-2-11(16)10(5-8)12(17)14-3-4-18-9(6-14)7-15/h1-2,5,9,15-16H,3-4,6-7H2. The van der Waals surface area contributed by atoms with E-state index in [2.05, 4.69) is 0 Å². The van der Waals surface area contributed by atoms with Crippen LogP contribution < -0.4 is 0 Å². The predicted molar refractivity (Wildman–Crippen MR) is 65.8 cm³/mol. The Morgan fingerprint density at radius 3 is 3.06 bits per heavy atom. The normalized spacial score (nSPS) is 19.9. The minimum absolute atomic E-state index is 0.101. The van der Waals surface area contributed by atoms with Crippen LogP contribution in [-0.4, -0.2) is 53.4 Å². The van der Waals surface area contributed by atoms with Gasteiger partial charge in [-0.05, 0) is 18.2 Å². The monoisotopic (exact) mass is 271 g/mol. The molecule has 0 radical (unpaired) electrons. The van der Waals surface area contributed by atoms with Gasteiger partial charge in [-0.2, -0.15) is 0 Å². The van der Waals surface area contributed by atoms with Gasteiger partial charge in [0.1, 0.15) is 5.75 Å². The highest BCUT2D eigenvalue weighted by Gasteiger charge is 2.26. The fraction of sp³-hybridized carbons (Fsp3) is 0.417. The Morgan fingerprint density at radius 1 is 1.56 bits per heavy atom. The number of aromatic hydroxyl groups is 1. The molecule has 1 aromatic carbocycles. The van der Waals surface area contributed by atoms with Crippen molar-refractivity contribution < 1.29 is 19.7 Å². The van der Waals surface area contributed by atoms with E-state index in [-0.39, 0.29) is 29.9 Å². The van der Waals surface area contributed by atoms with Crippen LogP contribution in [0.3, 0.4) is 0 Å². The minimum Gasteiger partial charge on any atom is -0.507 e. The smallest absolute Gasteiger partial charge is 0.257 e. The summed E-state index contributed by atoms with van der Waals surface area (Å²) in [6, 6.07) is 4.34. The van der Waals surface area contributed by atoms with Crippen molar-refractivity contribution in [3.63, 3.8) is 0 Å². The van der Waals surface area contributed by atoms with Gasteiger partial charge in [0.25, 0.3) is 5.91 Å². The maximum atomic E-state index is 12.2. The lowest BCUT2D eigenvalue weighted by atomic mass is 10.1. The van der Waals surface area contributed by atoms with E-state index < -0.39 is 0 Å². The number of aliphatic hydroxyl groups is 1. The van der Waals surface area contributed by atoms with Crippen molar-refractivity contribution in [1.82, 2.24) is 4.90 Å². The molecule has 1 saturated heterocycles. The summed E-state index contributed by atoms with van der Waals surface area (Å²) in [5.41, 5.74) is 0.168. The molecule has 1 aliphatic rings. The summed E-state index contributed by atoms with van der Waals surface area (Å²) in [6.07, 6.45) is -0.371. The van der Waals surface area contributed by atoms with E-state index in [0.717, 1.165) is 0 Å². The highest BCUT2D eigenvalue weighted by Crippen LogP contribution is 2.23. The number of halogens is 1. The number of nitrogens with zero attached hydrogens (tertiary/aromatic N) is 1. The third-order valence-corrected chi connectivity index (χ3v) is 3.05. The average Bonchev–Trinajstić information content (AvgIpc) is 2.41. The van der Waals surface area contributed by atoms with Gasteiger partial charge in [-0.25, -0.2) is 0 Å². The van der Waals surface area contributed by atoms with Gasteiger partial charge in [-0.1, -0.05) is 11.6 Å². The van der Waals surface area contributed by atoms with Crippen molar-refractivity contribution in [3.8, 4) is 5.75 Å². The summed E-state index contributed by atoms with van der Waals surface area (Å²) >= 11 is 5.81. The maximum Gasteiger partial charge on any atom is 0.257 e. The van der Waals surface area contributed by atoms with E-state index >= 15 is 0 Å². The van der Waals surface area contributed by atoms with Crippen LogP contribution in [0.2, 0.25) is 5.02 Å². The minimum atomic E-state index is -0.371. The molecular weight excluding hydrogens is 258 g/mol. The van der Waals surface area contributed by atoms with Gasteiger partial charge in [0.05, 0.1) is 24.9 Å². The number of benzene rings is 1. The zero-order valence-electron chi connectivity index (χ0n) is 9.67. The van der Waals surface area contributed by atoms with Crippen molar-refractivity contribution in [2.75, 3.05) is 26.3 Å². The summed E-state index contributed by atoms with van der Waals surface area (Å²) in [5, 5.41) is 19.1. The molecule has 1 amide bonds. The molecule has 0 aliphatic carbocycles. The Hall–Kier alpha value is -1.30. The van der Waals surface area contributed by atoms with Crippen LogP contribution in [0.15, 0.2) is 18.2 Å². The van der Waals surface area contributed by atoms with Gasteiger partial charge in [-0.15, -0.1) is 0 Å². The summed E-state index contributed by atoms with van der Waals surface area (Å²) in [6.45, 7) is 0.978. The number of amides is 1. The molecule has 1 fully saturated rings. The first kappa shape index (κ1) is 13.1. The SMILES string of the molecule is O=C(c1cc(Cl)ccc1O)N1CCOC(CO)C1. The van der Waals surface area contributed by atoms with E-state index in [1.165, 1.54) is 23.1 Å². The third-order valence-electron chi connectivity index (χ3n) is 2.82. The fourth-order valence-electron chi connectivity index (χ4n) is 1.86. The molecule has 5 nitrogen and oxygen atoms in total. The first-order valence-corrected chi connectivity index (χ1v) is 6.00. The molecule has 6 heteroatoms. The molecule has 0 aromatic heterocycles. The van der Waals surface area contributed by atoms with Crippen LogP contribution in [0.25, 0.3) is 0 Å². The number of morpholine rings is 1. The molecule has 0 saturated carbocycles. The zero-order valence-corrected chi connectivity index (χ0v) is 10.4. The van der Waals surface area contributed by atoms with E-state index in [4.69, 9.17) is 21.4 Å². The second-order valence-electron chi connectivity index (χ2n) is 4.09. The lowest BCUT2D eigenvalue weighted by Crippen LogP contribution is -2.46. The van der Waals surface area contributed by atoms with Gasteiger partial charge in [0.15, 0.2) is 0 Å². The summed E-state index contributed by atoms with van der Waals surface area (Å²) in [4.78, 5) is 13.7. The summed E-state index contributed by atoms with van der Waals surface area (Å²) in [5.74, 6) is -0.409. The van der Waals surface area contributed by atoms with Crippen molar-refractivity contribution in [2.24, 2.45) is 0 Å². The van der Waals surface area contributed by atoms with E-state index in [1.54, 1.807) is 0 Å². The molecule has 1 heterocycles. The molecule has 1 atom stereocenters. The van der Waals surface area contributed by atoms with Crippen molar-refractivity contribution in [2.45, 2.75) is 6.10 Å². The average molecular weight is 272 g/mol. The molecule has 0 bridgehead atoms. The van der Waals surface area contributed by atoms with Crippen molar-refractivity contribution in [3.05, 3.63) is 28.8 Å². The van der Waals surface area contributed by atoms with Crippen LogP contribution in [0.1, 0.15) is 10.4 Å². The molecule has 2 rings (SSSR count). The molecule has 98 valence electrons. The summed E-state index contributed by atoms with van der Waals surface area (Å²) < 4.78 is 5.26. The Kier molecular flexibility index (Phi) is 4.06. The highest BCUT2D eigenvalue weighted by molar-refractivity contribution is 6.31. The second-order valence-corrected chi connectivity index (χ2v) is 4.52. The topological polar surface area (TPSA) is 70.0 Å². The first-order chi connectivity index (χ1) is 8.61. The molecule has 1 aromatic rings. The lowest BCUT2D eigenvalue weighted by molar-refractivity contribution is -0.0447. The number of hydrogen-bond acceptors (Lipinski definition) is 4. The zero-order chi connectivity index (χ0) is 13.1. The van der Waals surface area contributed by atoms with Crippen LogP contribution in [0.4, 0.5) is 0 Å². The Labute approximate surface area is 110 Å². The van der Waals surface area contributed by atoms with Gasteiger partial charge < -0.3 is 19.8 Å². The van der Waals surface area contributed by atoms with E-state index in [0.29, 0.717) is 24.7 Å². The molecule has 0 spiro atoms. The van der Waals surface area contributed by atoms with Crippen LogP contribution in [0.5, 0.6) is 5.75 Å². The quantitative estimate of drug-likeness (QED) is 0.838. The van der Waals surface area contributed by atoms with E-state index in [9.17, 15) is 9.90 Å². The number of ether oxygens (including phenoxy) is 1. The number of carbonyl (C=O) groups excluding carboxylic acids is 1. The van der Waals surface area contributed by atoms with Crippen molar-refractivity contribution >= 4 is 17.5 Å². The fourth-order valence-corrected chi connectivity index (χ4v) is 2.04. The summed E-state index contributed by atoms with van der Waals surface area (Å²) in [7, 11) is 0. The molecule has 1 aliphatic heterocycles. The second kappa shape index (κ2) is 5.56. The lowest BCUT2D eigenvalue weighted by Gasteiger charge is -2.32. The molecule has 2 N–H and O–H groups in total. The van der Waals surface area contributed by atoms with Gasteiger partial charge >= 0.3 is 0 Å². The number of hydrogen-bond donors (Lipinski definition) is 2. The highest BCUT2D eigenvalue weighted by atomic mass is 35.5. The molecule has 18 heavy (non-hydrogen) atoms. The molecular formula is C12H14ClNO4. The molecule has 1 unspecified atom stereocenters. The number of phenolic OH excluding ortho intramolecular Hbond substituents is 1. The van der Waals surface area contributed by atoms with Gasteiger partial charge in [0.2, 0.25) is 0 Å². The predicted octanol–water partition coefficient (Wildman–Crippen LogP) is 0.879. The Bertz CT molecular complexity index is 452. The van der Waals surface area contributed by atoms with E-state index in [1.807, 2.05) is 0 Å². The third kappa shape index (κ3) is 2.75. The Morgan fingerprint density at radius 2 is 2.33 bits per heavy atom. The van der Waals surface area contributed by atoms with Gasteiger partial charge in [-0.3, -0.25) is 4.79 Å². The van der Waals surface area contributed by atoms with Crippen LogP contribution in [0, 0.1) is 0 Å². The van der Waals surface area contributed by atoms with Crippen LogP contribution in [-0.2, 0) is 4.74 Å². The maximum absolute atomic E-state index is 12.2. The largest absolute Gasteiger partial charge is 0.507 e. The van der Waals surface area contributed by atoms with Crippen molar-refractivity contribution in [1.29, 1.82) is 0 Å². The number of phenols is 1. The number of rotatable bonds is 2. The van der Waals surface area contributed by atoms with Gasteiger partial charge in [0, 0.05) is 18.1 Å². The first-order valence-electron chi connectivity index (χ1n) is 5.62.